The first kappa shape index (κ1) is 14.4. The Balaban J connectivity index is 2.25. The average Bonchev–Trinajstić information content (AvgIpc) is 2.52. The third kappa shape index (κ3) is 3.10. The van der Waals surface area contributed by atoms with Crippen LogP contribution in [0.25, 0.3) is 0 Å². The first-order valence-corrected chi connectivity index (χ1v) is 6.71. The summed E-state index contributed by atoms with van der Waals surface area (Å²) in [5.41, 5.74) is 2.08. The van der Waals surface area contributed by atoms with Crippen molar-refractivity contribution in [2.24, 2.45) is 0 Å². The van der Waals surface area contributed by atoms with Crippen LogP contribution in [0.2, 0.25) is 0 Å². The molecule has 5 heteroatoms. The fourth-order valence-corrected chi connectivity index (χ4v) is 2.43. The second kappa shape index (κ2) is 5.94. The molecule has 5 nitrogen and oxygen atoms in total. The number of rotatable bonds is 3. The summed E-state index contributed by atoms with van der Waals surface area (Å²) in [6.07, 6.45) is 0.333. The van der Waals surface area contributed by atoms with E-state index in [1.807, 2.05) is 32.0 Å². The summed E-state index contributed by atoms with van der Waals surface area (Å²) in [6.45, 7) is 4.42. The van der Waals surface area contributed by atoms with Crippen molar-refractivity contribution in [3.63, 3.8) is 0 Å². The van der Waals surface area contributed by atoms with Gasteiger partial charge in [-0.05, 0) is 19.9 Å². The molecule has 1 heterocycles. The van der Waals surface area contributed by atoms with Gasteiger partial charge in [-0.1, -0.05) is 17.7 Å². The Morgan fingerprint density at radius 1 is 1.40 bits per heavy atom. The number of carbonyl (C=O) groups is 2. The minimum atomic E-state index is -0.116. The predicted molar refractivity (Wildman–Crippen MR) is 75.4 cm³/mol. The minimum absolute atomic E-state index is 0.0630. The molecule has 0 bridgehead atoms. The molecule has 2 rings (SSSR count). The fraction of sp³-hybridized carbons (Fsp3) is 0.467. The highest BCUT2D eigenvalue weighted by atomic mass is 16.5. The Kier molecular flexibility index (Phi) is 4.27. The summed E-state index contributed by atoms with van der Waals surface area (Å²) in [6, 6.07) is 5.77. The molecule has 0 aromatic heterocycles. The van der Waals surface area contributed by atoms with E-state index >= 15 is 0 Å². The van der Waals surface area contributed by atoms with Gasteiger partial charge < -0.3 is 15.0 Å². The lowest BCUT2D eigenvalue weighted by atomic mass is 10.1. The van der Waals surface area contributed by atoms with Crippen molar-refractivity contribution in [2.45, 2.75) is 32.9 Å². The van der Waals surface area contributed by atoms with Crippen LogP contribution in [0, 0.1) is 6.92 Å². The molecule has 0 aliphatic carbocycles. The number of benzene rings is 1. The fourth-order valence-electron chi connectivity index (χ4n) is 2.43. The van der Waals surface area contributed by atoms with E-state index < -0.39 is 0 Å². The highest BCUT2D eigenvalue weighted by Gasteiger charge is 2.27. The SMILES string of the molecule is COc1ccc(C)cc1CN1C(=O)CNC(=O)CC1C. The van der Waals surface area contributed by atoms with Gasteiger partial charge >= 0.3 is 0 Å². The normalized spacial score (nSPS) is 19.6. The molecule has 1 aromatic rings. The molecule has 1 atom stereocenters. The molecule has 1 unspecified atom stereocenters. The smallest absolute Gasteiger partial charge is 0.242 e. The molecule has 0 spiro atoms. The van der Waals surface area contributed by atoms with E-state index in [0.717, 1.165) is 16.9 Å². The number of aryl methyl sites for hydroxylation is 1. The van der Waals surface area contributed by atoms with Crippen LogP contribution in [0.1, 0.15) is 24.5 Å². The third-order valence-electron chi connectivity index (χ3n) is 3.55. The molecule has 1 aromatic carbocycles. The van der Waals surface area contributed by atoms with Crippen molar-refractivity contribution in [1.29, 1.82) is 0 Å². The monoisotopic (exact) mass is 276 g/mol. The number of hydrogen-bond donors (Lipinski definition) is 1. The van der Waals surface area contributed by atoms with Gasteiger partial charge in [0.05, 0.1) is 13.7 Å². The van der Waals surface area contributed by atoms with Gasteiger partial charge in [-0.2, -0.15) is 0 Å². The van der Waals surface area contributed by atoms with Crippen LogP contribution in [-0.2, 0) is 16.1 Å². The first-order chi connectivity index (χ1) is 9.51. The quantitative estimate of drug-likeness (QED) is 0.903. The summed E-state index contributed by atoms with van der Waals surface area (Å²) >= 11 is 0. The second-order valence-corrected chi connectivity index (χ2v) is 5.17. The Bertz CT molecular complexity index is 528. The van der Waals surface area contributed by atoms with E-state index in [0.29, 0.717) is 13.0 Å². The van der Waals surface area contributed by atoms with E-state index in [2.05, 4.69) is 5.32 Å². The molecule has 0 radical (unpaired) electrons. The maximum Gasteiger partial charge on any atom is 0.242 e. The standard InChI is InChI=1S/C15H20N2O3/c1-10-4-5-13(20-3)12(6-10)9-17-11(2)7-14(18)16-8-15(17)19/h4-6,11H,7-9H2,1-3H3,(H,16,18). The number of ether oxygens (including phenoxy) is 1. The zero-order valence-corrected chi connectivity index (χ0v) is 12.1. The first-order valence-electron chi connectivity index (χ1n) is 6.71. The third-order valence-corrected chi connectivity index (χ3v) is 3.55. The zero-order chi connectivity index (χ0) is 14.7. The lowest BCUT2D eigenvalue weighted by molar-refractivity contribution is -0.132. The van der Waals surface area contributed by atoms with Crippen molar-refractivity contribution in [3.05, 3.63) is 29.3 Å². The van der Waals surface area contributed by atoms with E-state index in [4.69, 9.17) is 4.74 Å². The highest BCUT2D eigenvalue weighted by Crippen LogP contribution is 2.23. The van der Waals surface area contributed by atoms with Crippen LogP contribution < -0.4 is 10.1 Å². The van der Waals surface area contributed by atoms with Gasteiger partial charge in [-0.15, -0.1) is 0 Å². The molecular formula is C15H20N2O3. The maximum absolute atomic E-state index is 12.1. The zero-order valence-electron chi connectivity index (χ0n) is 12.1. The molecule has 20 heavy (non-hydrogen) atoms. The van der Waals surface area contributed by atoms with Crippen molar-refractivity contribution >= 4 is 11.8 Å². The van der Waals surface area contributed by atoms with Crippen LogP contribution in [0.5, 0.6) is 5.75 Å². The minimum Gasteiger partial charge on any atom is -0.496 e. The summed E-state index contributed by atoms with van der Waals surface area (Å²) < 4.78 is 5.34. The lowest BCUT2D eigenvalue weighted by Crippen LogP contribution is -2.39. The van der Waals surface area contributed by atoms with Crippen LogP contribution in [-0.4, -0.2) is 36.4 Å². The number of nitrogens with zero attached hydrogens (tertiary/aromatic N) is 1. The van der Waals surface area contributed by atoms with Crippen LogP contribution in [0.4, 0.5) is 0 Å². The van der Waals surface area contributed by atoms with Gasteiger partial charge in [-0.25, -0.2) is 0 Å². The number of nitrogens with one attached hydrogen (secondary N) is 1. The number of carbonyl (C=O) groups excluding carboxylic acids is 2. The van der Waals surface area contributed by atoms with E-state index in [9.17, 15) is 9.59 Å². The van der Waals surface area contributed by atoms with E-state index in [-0.39, 0.29) is 24.4 Å². The second-order valence-electron chi connectivity index (χ2n) is 5.17. The Labute approximate surface area is 118 Å². The predicted octanol–water partition coefficient (Wildman–Crippen LogP) is 1.24. The Morgan fingerprint density at radius 2 is 2.15 bits per heavy atom. The summed E-state index contributed by atoms with van der Waals surface area (Å²) in [7, 11) is 1.62. The van der Waals surface area contributed by atoms with Crippen LogP contribution in [0.15, 0.2) is 18.2 Å². The van der Waals surface area contributed by atoms with Gasteiger partial charge in [-0.3, -0.25) is 9.59 Å². The lowest BCUT2D eigenvalue weighted by Gasteiger charge is -2.27. The van der Waals surface area contributed by atoms with Gasteiger partial charge in [0.15, 0.2) is 0 Å². The molecule has 1 saturated heterocycles. The van der Waals surface area contributed by atoms with E-state index in [1.165, 1.54) is 0 Å². The highest BCUT2D eigenvalue weighted by molar-refractivity contribution is 5.87. The van der Waals surface area contributed by atoms with Crippen LogP contribution >= 0.6 is 0 Å². The molecule has 1 N–H and O–H groups in total. The van der Waals surface area contributed by atoms with Crippen molar-refractivity contribution in [3.8, 4) is 5.75 Å². The number of hydrogen-bond acceptors (Lipinski definition) is 3. The van der Waals surface area contributed by atoms with Crippen LogP contribution in [0.3, 0.4) is 0 Å². The van der Waals surface area contributed by atoms with Gasteiger partial charge in [0.25, 0.3) is 0 Å². The molecular weight excluding hydrogens is 256 g/mol. The van der Waals surface area contributed by atoms with Crippen molar-refractivity contribution in [2.75, 3.05) is 13.7 Å². The number of methoxy groups -OCH3 is 1. The molecule has 2 amide bonds. The van der Waals surface area contributed by atoms with Crippen molar-refractivity contribution < 1.29 is 14.3 Å². The maximum atomic E-state index is 12.1. The van der Waals surface area contributed by atoms with Crippen molar-refractivity contribution in [1.82, 2.24) is 10.2 Å². The van der Waals surface area contributed by atoms with E-state index in [1.54, 1.807) is 12.0 Å². The molecule has 108 valence electrons. The molecule has 1 aliphatic heterocycles. The van der Waals surface area contributed by atoms with Gasteiger partial charge in [0.2, 0.25) is 11.8 Å². The summed E-state index contributed by atoms with van der Waals surface area (Å²) in [4.78, 5) is 25.4. The topological polar surface area (TPSA) is 58.6 Å². The summed E-state index contributed by atoms with van der Waals surface area (Å²) in [5.74, 6) is 0.621. The average molecular weight is 276 g/mol. The molecule has 0 saturated carbocycles. The Hall–Kier alpha value is -2.04. The largest absolute Gasteiger partial charge is 0.496 e. The molecule has 1 fully saturated rings. The van der Waals surface area contributed by atoms with Gasteiger partial charge in [0.1, 0.15) is 5.75 Å². The Morgan fingerprint density at radius 3 is 2.85 bits per heavy atom. The van der Waals surface area contributed by atoms with Gasteiger partial charge in [0, 0.05) is 24.6 Å². The summed E-state index contributed by atoms with van der Waals surface area (Å²) in [5, 5.41) is 2.62. The number of amides is 2. The molecule has 1 aliphatic rings.